The molecule has 0 radical (unpaired) electrons. The Balaban J connectivity index is 1.36. The molecule has 29 heavy (non-hydrogen) atoms. The van der Waals surface area contributed by atoms with Gasteiger partial charge in [0.05, 0.1) is 12.3 Å². The molecule has 1 N–H and O–H groups in total. The van der Waals surface area contributed by atoms with Gasteiger partial charge in [-0.2, -0.15) is 0 Å². The van der Waals surface area contributed by atoms with Gasteiger partial charge in [0, 0.05) is 12.1 Å². The van der Waals surface area contributed by atoms with Crippen molar-refractivity contribution in [2.45, 2.75) is 18.9 Å². The van der Waals surface area contributed by atoms with E-state index in [-0.39, 0.29) is 18.6 Å². The first-order chi connectivity index (χ1) is 14.3. The average molecular weight is 390 g/mol. The number of rotatable bonds is 8. The highest BCUT2D eigenvalue weighted by Gasteiger charge is 2.26. The minimum absolute atomic E-state index is 0.0191. The van der Waals surface area contributed by atoms with E-state index in [2.05, 4.69) is 10.2 Å². The Morgan fingerprint density at radius 3 is 2.52 bits per heavy atom. The van der Waals surface area contributed by atoms with Gasteiger partial charge in [-0.25, -0.2) is 0 Å². The summed E-state index contributed by atoms with van der Waals surface area (Å²) in [4.78, 5) is 14.8. The van der Waals surface area contributed by atoms with Crippen LogP contribution < -0.4 is 10.1 Å². The van der Waals surface area contributed by atoms with E-state index in [0.29, 0.717) is 12.3 Å². The van der Waals surface area contributed by atoms with Crippen LogP contribution in [-0.2, 0) is 4.79 Å². The molecular formula is C24H26N2O3. The molecule has 1 atom stereocenters. The largest absolute Gasteiger partial charge is 0.483 e. The van der Waals surface area contributed by atoms with E-state index in [1.54, 1.807) is 6.26 Å². The van der Waals surface area contributed by atoms with Gasteiger partial charge in [-0.05, 0) is 49.7 Å². The fourth-order valence-electron chi connectivity index (χ4n) is 3.80. The second-order valence-electron chi connectivity index (χ2n) is 7.23. The molecule has 1 aromatic heterocycles. The maximum absolute atomic E-state index is 12.5. The zero-order chi connectivity index (χ0) is 19.9. The molecule has 0 bridgehead atoms. The highest BCUT2D eigenvalue weighted by Crippen LogP contribution is 2.29. The zero-order valence-corrected chi connectivity index (χ0v) is 16.4. The number of hydrogen-bond donors (Lipinski definition) is 1. The van der Waals surface area contributed by atoms with Crippen molar-refractivity contribution in [3.63, 3.8) is 0 Å². The highest BCUT2D eigenvalue weighted by molar-refractivity contribution is 5.78. The first kappa shape index (κ1) is 19.3. The predicted octanol–water partition coefficient (Wildman–Crippen LogP) is 4.28. The third kappa shape index (κ3) is 4.87. The predicted molar refractivity (Wildman–Crippen MR) is 113 cm³/mol. The Morgan fingerprint density at radius 1 is 1.00 bits per heavy atom. The standard InChI is InChI=1S/C24H26N2O3/c27-24(25-17-21(23-13-8-16-28-23)26-14-6-7-15-26)18-29-22-12-5-4-11-20(22)19-9-2-1-3-10-19/h1-5,8-13,16,21H,6-7,14-15,17-18H2,(H,25,27)/t21-/m0/s1. The molecule has 5 heteroatoms. The van der Waals surface area contributed by atoms with Gasteiger partial charge in [-0.3, -0.25) is 9.69 Å². The number of carbonyl (C=O) groups excluding carboxylic acids is 1. The number of nitrogens with one attached hydrogen (secondary N) is 1. The Kier molecular flexibility index (Phi) is 6.27. The summed E-state index contributed by atoms with van der Waals surface area (Å²) in [5.41, 5.74) is 2.04. The minimum Gasteiger partial charge on any atom is -0.483 e. The zero-order valence-electron chi connectivity index (χ0n) is 16.4. The molecule has 5 nitrogen and oxygen atoms in total. The van der Waals surface area contributed by atoms with Gasteiger partial charge >= 0.3 is 0 Å². The van der Waals surface area contributed by atoms with Crippen molar-refractivity contribution < 1.29 is 13.9 Å². The quantitative estimate of drug-likeness (QED) is 0.624. The Hall–Kier alpha value is -3.05. The Morgan fingerprint density at radius 2 is 1.76 bits per heavy atom. The number of likely N-dealkylation sites (tertiary alicyclic amines) is 1. The van der Waals surface area contributed by atoms with E-state index in [0.717, 1.165) is 30.0 Å². The van der Waals surface area contributed by atoms with Crippen LogP contribution in [0.2, 0.25) is 0 Å². The van der Waals surface area contributed by atoms with Gasteiger partial charge in [-0.1, -0.05) is 48.5 Å². The van der Waals surface area contributed by atoms with E-state index in [4.69, 9.17) is 9.15 Å². The summed E-state index contributed by atoms with van der Waals surface area (Å²) < 4.78 is 11.5. The van der Waals surface area contributed by atoms with Crippen molar-refractivity contribution in [3.05, 3.63) is 78.8 Å². The van der Waals surface area contributed by atoms with Crippen LogP contribution in [0.15, 0.2) is 77.4 Å². The van der Waals surface area contributed by atoms with Crippen LogP contribution in [0.3, 0.4) is 0 Å². The molecule has 1 saturated heterocycles. The molecule has 1 aliphatic heterocycles. The fourth-order valence-corrected chi connectivity index (χ4v) is 3.80. The number of carbonyl (C=O) groups is 1. The molecule has 0 unspecified atom stereocenters. The lowest BCUT2D eigenvalue weighted by Gasteiger charge is -2.26. The molecule has 1 amide bonds. The van der Waals surface area contributed by atoms with Crippen molar-refractivity contribution >= 4 is 5.91 Å². The summed E-state index contributed by atoms with van der Waals surface area (Å²) in [6.45, 7) is 2.55. The molecule has 1 aliphatic rings. The molecule has 150 valence electrons. The molecule has 0 aliphatic carbocycles. The van der Waals surface area contributed by atoms with Gasteiger partial charge in [0.2, 0.25) is 0 Å². The first-order valence-corrected chi connectivity index (χ1v) is 10.1. The number of hydrogen-bond acceptors (Lipinski definition) is 4. The monoisotopic (exact) mass is 390 g/mol. The Bertz CT molecular complexity index is 903. The smallest absolute Gasteiger partial charge is 0.258 e. The summed E-state index contributed by atoms with van der Waals surface area (Å²) in [7, 11) is 0. The fraction of sp³-hybridized carbons (Fsp3) is 0.292. The van der Waals surface area contributed by atoms with E-state index >= 15 is 0 Å². The number of amides is 1. The van der Waals surface area contributed by atoms with Crippen molar-refractivity contribution in [1.29, 1.82) is 0 Å². The van der Waals surface area contributed by atoms with E-state index in [1.807, 2.05) is 66.7 Å². The van der Waals surface area contributed by atoms with Crippen molar-refractivity contribution in [1.82, 2.24) is 10.2 Å². The molecule has 2 heterocycles. The van der Waals surface area contributed by atoms with Gasteiger partial charge in [0.25, 0.3) is 5.91 Å². The number of benzene rings is 2. The lowest BCUT2D eigenvalue weighted by atomic mass is 10.1. The normalized spacial score (nSPS) is 15.2. The van der Waals surface area contributed by atoms with Gasteiger partial charge in [0.1, 0.15) is 11.5 Å². The van der Waals surface area contributed by atoms with E-state index in [1.165, 1.54) is 12.8 Å². The molecule has 2 aromatic carbocycles. The summed E-state index contributed by atoms with van der Waals surface area (Å²) in [6.07, 6.45) is 4.05. The van der Waals surface area contributed by atoms with Crippen LogP contribution in [0, 0.1) is 0 Å². The third-order valence-corrected chi connectivity index (χ3v) is 5.28. The molecule has 3 aromatic rings. The minimum atomic E-state index is -0.136. The third-order valence-electron chi connectivity index (χ3n) is 5.28. The van der Waals surface area contributed by atoms with Crippen LogP contribution in [0.25, 0.3) is 11.1 Å². The number of para-hydroxylation sites is 1. The van der Waals surface area contributed by atoms with E-state index < -0.39 is 0 Å². The maximum Gasteiger partial charge on any atom is 0.258 e. The molecule has 4 rings (SSSR count). The summed E-state index contributed by atoms with van der Waals surface area (Å²) in [5.74, 6) is 1.46. The molecular weight excluding hydrogens is 364 g/mol. The summed E-state index contributed by atoms with van der Waals surface area (Å²) >= 11 is 0. The maximum atomic E-state index is 12.5. The SMILES string of the molecule is O=C(COc1ccccc1-c1ccccc1)NC[C@@H](c1ccco1)N1CCCC1. The van der Waals surface area contributed by atoms with Crippen LogP contribution in [0.5, 0.6) is 5.75 Å². The lowest BCUT2D eigenvalue weighted by Crippen LogP contribution is -2.38. The average Bonchev–Trinajstić information content (AvgIpc) is 3.48. The van der Waals surface area contributed by atoms with Crippen LogP contribution in [0.4, 0.5) is 0 Å². The van der Waals surface area contributed by atoms with Gasteiger partial charge < -0.3 is 14.5 Å². The van der Waals surface area contributed by atoms with Crippen LogP contribution in [0.1, 0.15) is 24.6 Å². The van der Waals surface area contributed by atoms with Crippen LogP contribution in [-0.4, -0.2) is 37.0 Å². The second kappa shape index (κ2) is 9.43. The molecule has 0 saturated carbocycles. The summed E-state index contributed by atoms with van der Waals surface area (Å²) in [6, 6.07) is 21.7. The van der Waals surface area contributed by atoms with Crippen molar-refractivity contribution in [2.75, 3.05) is 26.2 Å². The number of nitrogens with zero attached hydrogens (tertiary/aromatic N) is 1. The topological polar surface area (TPSA) is 54.7 Å². The van der Waals surface area contributed by atoms with Crippen LogP contribution >= 0.6 is 0 Å². The van der Waals surface area contributed by atoms with E-state index in [9.17, 15) is 4.79 Å². The van der Waals surface area contributed by atoms with Crippen molar-refractivity contribution in [3.8, 4) is 16.9 Å². The first-order valence-electron chi connectivity index (χ1n) is 10.1. The van der Waals surface area contributed by atoms with Gasteiger partial charge in [0.15, 0.2) is 6.61 Å². The van der Waals surface area contributed by atoms with Crippen molar-refractivity contribution in [2.24, 2.45) is 0 Å². The highest BCUT2D eigenvalue weighted by atomic mass is 16.5. The summed E-state index contributed by atoms with van der Waals surface area (Å²) in [5, 5.41) is 3.01. The number of furan rings is 1. The molecule has 0 spiro atoms. The molecule has 1 fully saturated rings. The number of ether oxygens (including phenoxy) is 1. The lowest BCUT2D eigenvalue weighted by molar-refractivity contribution is -0.123. The second-order valence-corrected chi connectivity index (χ2v) is 7.23. The van der Waals surface area contributed by atoms with Gasteiger partial charge in [-0.15, -0.1) is 0 Å². The Labute approximate surface area is 171 Å².